The lowest BCUT2D eigenvalue weighted by Crippen LogP contribution is -2.28. The molecule has 0 fully saturated rings. The maximum Gasteiger partial charge on any atom is 0.276 e. The van der Waals surface area contributed by atoms with Crippen molar-refractivity contribution >= 4 is 29.1 Å². The Morgan fingerprint density at radius 1 is 1.64 bits per heavy atom. The molecule has 0 aliphatic heterocycles. The summed E-state index contributed by atoms with van der Waals surface area (Å²) < 4.78 is 0. The quantitative estimate of drug-likeness (QED) is 0.416. The lowest BCUT2D eigenvalue weighted by molar-refractivity contribution is -0.131. The van der Waals surface area contributed by atoms with Crippen LogP contribution in [-0.2, 0) is 9.63 Å². The second kappa shape index (κ2) is 6.70. The van der Waals surface area contributed by atoms with Gasteiger partial charge < -0.3 is 0 Å². The SMILES string of the molecule is CCCCONC(=O)C(Cl)Cl. The Bertz CT molecular complexity index is 119. The monoisotopic (exact) mass is 199 g/mol. The predicted molar refractivity (Wildman–Crippen MR) is 44.5 cm³/mol. The van der Waals surface area contributed by atoms with Crippen molar-refractivity contribution in [3.63, 3.8) is 0 Å². The highest BCUT2D eigenvalue weighted by Gasteiger charge is 2.09. The van der Waals surface area contributed by atoms with E-state index in [1.54, 1.807) is 0 Å². The fourth-order valence-electron chi connectivity index (χ4n) is 0.383. The van der Waals surface area contributed by atoms with Gasteiger partial charge in [-0.1, -0.05) is 36.5 Å². The van der Waals surface area contributed by atoms with Crippen LogP contribution in [0.3, 0.4) is 0 Å². The van der Waals surface area contributed by atoms with Gasteiger partial charge in [0, 0.05) is 0 Å². The minimum atomic E-state index is -1.06. The van der Waals surface area contributed by atoms with Gasteiger partial charge in [0.1, 0.15) is 0 Å². The number of alkyl halides is 2. The van der Waals surface area contributed by atoms with E-state index in [9.17, 15) is 4.79 Å². The molecule has 0 saturated carbocycles. The smallest absolute Gasteiger partial charge is 0.274 e. The van der Waals surface area contributed by atoms with E-state index in [2.05, 4.69) is 5.48 Å². The average molecular weight is 200 g/mol. The molecule has 0 spiro atoms. The van der Waals surface area contributed by atoms with E-state index in [1.165, 1.54) is 0 Å². The molecule has 0 aromatic carbocycles. The van der Waals surface area contributed by atoms with E-state index in [0.29, 0.717) is 6.61 Å². The zero-order valence-electron chi connectivity index (χ0n) is 6.27. The van der Waals surface area contributed by atoms with Crippen LogP contribution < -0.4 is 5.48 Å². The lowest BCUT2D eigenvalue weighted by atomic mass is 10.4. The molecule has 5 heteroatoms. The number of rotatable bonds is 5. The van der Waals surface area contributed by atoms with E-state index < -0.39 is 10.7 Å². The average Bonchev–Trinajstić information content (AvgIpc) is 1.97. The van der Waals surface area contributed by atoms with Crippen molar-refractivity contribution in [2.24, 2.45) is 0 Å². The molecule has 11 heavy (non-hydrogen) atoms. The van der Waals surface area contributed by atoms with Crippen molar-refractivity contribution < 1.29 is 9.63 Å². The van der Waals surface area contributed by atoms with Crippen LogP contribution in [0.5, 0.6) is 0 Å². The predicted octanol–water partition coefficient (Wildman–Crippen LogP) is 1.64. The molecule has 66 valence electrons. The van der Waals surface area contributed by atoms with E-state index in [0.717, 1.165) is 12.8 Å². The van der Waals surface area contributed by atoms with Crippen molar-refractivity contribution in [2.45, 2.75) is 24.6 Å². The minimum absolute atomic E-state index is 0.489. The van der Waals surface area contributed by atoms with Gasteiger partial charge in [0.25, 0.3) is 5.91 Å². The number of hydrogen-bond acceptors (Lipinski definition) is 2. The van der Waals surface area contributed by atoms with Crippen LogP contribution in [0, 0.1) is 0 Å². The minimum Gasteiger partial charge on any atom is -0.274 e. The second-order valence-corrected chi connectivity index (χ2v) is 3.07. The number of hydroxylamine groups is 1. The highest BCUT2D eigenvalue weighted by molar-refractivity contribution is 6.53. The second-order valence-electron chi connectivity index (χ2n) is 1.97. The van der Waals surface area contributed by atoms with Crippen LogP contribution in [0.15, 0.2) is 0 Å². The van der Waals surface area contributed by atoms with Crippen LogP contribution in [0.25, 0.3) is 0 Å². The van der Waals surface area contributed by atoms with Gasteiger partial charge in [-0.25, -0.2) is 5.48 Å². The van der Waals surface area contributed by atoms with E-state index >= 15 is 0 Å². The number of halogens is 2. The Labute approximate surface area is 75.9 Å². The van der Waals surface area contributed by atoms with Crippen LogP contribution in [-0.4, -0.2) is 17.4 Å². The van der Waals surface area contributed by atoms with Crippen molar-refractivity contribution in [2.75, 3.05) is 6.61 Å². The Kier molecular flexibility index (Phi) is 6.71. The van der Waals surface area contributed by atoms with Crippen LogP contribution in [0.4, 0.5) is 0 Å². The van der Waals surface area contributed by atoms with E-state index in [1.807, 2.05) is 6.92 Å². The van der Waals surface area contributed by atoms with Gasteiger partial charge in [0.2, 0.25) is 0 Å². The molecule has 0 unspecified atom stereocenters. The topological polar surface area (TPSA) is 38.3 Å². The number of hydrogen-bond donors (Lipinski definition) is 1. The standard InChI is InChI=1S/C6H11Cl2NO2/c1-2-3-4-11-9-6(10)5(7)8/h5H,2-4H2,1H3,(H,9,10). The zero-order valence-corrected chi connectivity index (χ0v) is 7.78. The summed E-state index contributed by atoms with van der Waals surface area (Å²) in [6.07, 6.45) is 1.91. The Morgan fingerprint density at radius 2 is 2.27 bits per heavy atom. The molecular weight excluding hydrogens is 189 g/mol. The van der Waals surface area contributed by atoms with Crippen molar-refractivity contribution in [3.05, 3.63) is 0 Å². The fraction of sp³-hybridized carbons (Fsp3) is 0.833. The maximum atomic E-state index is 10.6. The molecule has 1 N–H and O–H groups in total. The third-order valence-electron chi connectivity index (χ3n) is 0.971. The Morgan fingerprint density at radius 3 is 2.73 bits per heavy atom. The Balaban J connectivity index is 3.18. The number of carbonyl (C=O) groups excluding carboxylic acids is 1. The first-order chi connectivity index (χ1) is 5.18. The molecule has 0 heterocycles. The van der Waals surface area contributed by atoms with Crippen LogP contribution in [0.2, 0.25) is 0 Å². The molecule has 0 aromatic rings. The summed E-state index contributed by atoms with van der Waals surface area (Å²) in [5, 5.41) is 0. The van der Waals surface area contributed by atoms with Crippen LogP contribution >= 0.6 is 23.2 Å². The summed E-state index contributed by atoms with van der Waals surface area (Å²) in [5.41, 5.74) is 2.11. The molecule has 3 nitrogen and oxygen atoms in total. The molecule has 0 radical (unpaired) electrons. The summed E-state index contributed by atoms with van der Waals surface area (Å²) in [6.45, 7) is 2.51. The zero-order chi connectivity index (χ0) is 8.69. The van der Waals surface area contributed by atoms with Gasteiger partial charge in [-0.15, -0.1) is 0 Å². The molecule has 0 aromatic heterocycles. The summed E-state index contributed by atoms with van der Waals surface area (Å²) in [6, 6.07) is 0. The third kappa shape index (κ3) is 6.41. The highest BCUT2D eigenvalue weighted by Crippen LogP contribution is 2.00. The summed E-state index contributed by atoms with van der Waals surface area (Å²) in [4.78, 5) is 14.3. The van der Waals surface area contributed by atoms with Crippen LogP contribution in [0.1, 0.15) is 19.8 Å². The highest BCUT2D eigenvalue weighted by atomic mass is 35.5. The number of carbonyl (C=O) groups is 1. The van der Waals surface area contributed by atoms with Gasteiger partial charge in [-0.3, -0.25) is 9.63 Å². The van der Waals surface area contributed by atoms with E-state index in [4.69, 9.17) is 28.0 Å². The normalized spacial score (nSPS) is 10.2. The molecule has 0 aliphatic rings. The molecule has 1 amide bonds. The largest absolute Gasteiger partial charge is 0.276 e. The molecule has 0 aliphatic carbocycles. The fourth-order valence-corrected chi connectivity index (χ4v) is 0.472. The van der Waals surface area contributed by atoms with Gasteiger partial charge in [-0.2, -0.15) is 0 Å². The lowest BCUT2D eigenvalue weighted by Gasteiger charge is -2.04. The van der Waals surface area contributed by atoms with Crippen molar-refractivity contribution in [1.29, 1.82) is 0 Å². The van der Waals surface area contributed by atoms with Gasteiger partial charge >= 0.3 is 0 Å². The summed E-state index contributed by atoms with van der Waals surface area (Å²) >= 11 is 10.4. The first-order valence-corrected chi connectivity index (χ1v) is 4.25. The number of nitrogens with one attached hydrogen (secondary N) is 1. The maximum absolute atomic E-state index is 10.6. The molecular formula is C6H11Cl2NO2. The van der Waals surface area contributed by atoms with Crippen molar-refractivity contribution in [3.8, 4) is 0 Å². The molecule has 0 atom stereocenters. The third-order valence-corrected chi connectivity index (χ3v) is 1.37. The number of amides is 1. The Hall–Kier alpha value is 0.01000. The molecule has 0 saturated heterocycles. The van der Waals surface area contributed by atoms with E-state index in [-0.39, 0.29) is 0 Å². The summed E-state index contributed by atoms with van der Waals surface area (Å²) in [7, 11) is 0. The van der Waals surface area contributed by atoms with Gasteiger partial charge in [0.15, 0.2) is 4.84 Å². The molecule has 0 rings (SSSR count). The van der Waals surface area contributed by atoms with Gasteiger partial charge in [0.05, 0.1) is 6.61 Å². The number of unbranched alkanes of at least 4 members (excludes halogenated alkanes) is 1. The van der Waals surface area contributed by atoms with Gasteiger partial charge in [-0.05, 0) is 6.42 Å². The van der Waals surface area contributed by atoms with Crippen molar-refractivity contribution in [1.82, 2.24) is 5.48 Å². The first kappa shape index (κ1) is 11.0. The first-order valence-electron chi connectivity index (χ1n) is 3.38. The summed E-state index contributed by atoms with van der Waals surface area (Å²) in [5.74, 6) is -0.524. The molecule has 0 bridgehead atoms.